The second-order valence-corrected chi connectivity index (χ2v) is 9.18. The Labute approximate surface area is 192 Å². The van der Waals surface area contributed by atoms with Crippen molar-refractivity contribution in [3.63, 3.8) is 0 Å². The largest absolute Gasteiger partial charge is 0.452 e. The zero-order valence-electron chi connectivity index (χ0n) is 17.9. The monoisotopic (exact) mass is 465 g/mol. The molecule has 0 fully saturated rings. The number of ether oxygens (including phenoxy) is 1. The smallest absolute Gasteiger partial charge is 0.338 e. The molecule has 0 aliphatic carbocycles. The van der Waals surface area contributed by atoms with Crippen LogP contribution in [0.2, 0.25) is 0 Å². The summed E-state index contributed by atoms with van der Waals surface area (Å²) in [4.78, 5) is 24.6. The van der Waals surface area contributed by atoms with Crippen LogP contribution in [0.25, 0.3) is 0 Å². The first-order valence-corrected chi connectivity index (χ1v) is 11.9. The second kappa shape index (κ2) is 9.43. The highest BCUT2D eigenvalue weighted by molar-refractivity contribution is 7.89. The number of aryl methyl sites for hydroxylation is 1. The SMILES string of the molecule is CCc1cccc(NC(=O)COC(=O)c2ccc([C@@H]3Nc4ccccc4S(=O)(=O)N3)cc2)c1. The van der Waals surface area contributed by atoms with Crippen molar-refractivity contribution < 1.29 is 22.7 Å². The Morgan fingerprint density at radius 1 is 1.00 bits per heavy atom. The van der Waals surface area contributed by atoms with Crippen molar-refractivity contribution in [3.05, 3.63) is 89.5 Å². The molecule has 0 radical (unpaired) electrons. The number of hydrogen-bond donors (Lipinski definition) is 3. The third kappa shape index (κ3) is 5.21. The van der Waals surface area contributed by atoms with Crippen LogP contribution in [0.3, 0.4) is 0 Å². The molecule has 0 unspecified atom stereocenters. The number of carbonyl (C=O) groups excluding carboxylic acids is 2. The van der Waals surface area contributed by atoms with Crippen molar-refractivity contribution in [2.45, 2.75) is 24.4 Å². The Kier molecular flexibility index (Phi) is 6.43. The van der Waals surface area contributed by atoms with Crippen molar-refractivity contribution in [3.8, 4) is 0 Å². The topological polar surface area (TPSA) is 114 Å². The van der Waals surface area contributed by atoms with Crippen LogP contribution in [0.5, 0.6) is 0 Å². The number of rotatable bonds is 6. The number of carbonyl (C=O) groups is 2. The summed E-state index contributed by atoms with van der Waals surface area (Å²) >= 11 is 0. The van der Waals surface area contributed by atoms with Gasteiger partial charge in [-0.25, -0.2) is 13.2 Å². The van der Waals surface area contributed by atoms with Crippen molar-refractivity contribution in [2.75, 3.05) is 17.2 Å². The minimum absolute atomic E-state index is 0.182. The van der Waals surface area contributed by atoms with E-state index in [0.717, 1.165) is 12.0 Å². The molecule has 1 aliphatic rings. The normalized spacial score (nSPS) is 16.2. The number of amides is 1. The van der Waals surface area contributed by atoms with Gasteiger partial charge in [0.2, 0.25) is 10.0 Å². The van der Waals surface area contributed by atoms with Gasteiger partial charge in [0.25, 0.3) is 5.91 Å². The number of sulfonamides is 1. The first-order valence-electron chi connectivity index (χ1n) is 10.4. The number of para-hydroxylation sites is 1. The molecule has 1 amide bonds. The lowest BCUT2D eigenvalue weighted by Crippen LogP contribution is -2.38. The number of nitrogens with one attached hydrogen (secondary N) is 3. The second-order valence-electron chi connectivity index (χ2n) is 7.50. The molecule has 1 aliphatic heterocycles. The molecule has 3 aromatic carbocycles. The van der Waals surface area contributed by atoms with Crippen molar-refractivity contribution in [1.82, 2.24) is 4.72 Å². The van der Waals surface area contributed by atoms with Crippen LogP contribution in [0, 0.1) is 0 Å². The first kappa shape index (κ1) is 22.5. The summed E-state index contributed by atoms with van der Waals surface area (Å²) < 4.78 is 32.7. The lowest BCUT2D eigenvalue weighted by Gasteiger charge is -2.28. The quantitative estimate of drug-likeness (QED) is 0.481. The summed E-state index contributed by atoms with van der Waals surface area (Å²) in [5.41, 5.74) is 3.10. The van der Waals surface area contributed by atoms with Crippen LogP contribution < -0.4 is 15.4 Å². The maximum absolute atomic E-state index is 12.5. The molecule has 3 N–H and O–H groups in total. The van der Waals surface area contributed by atoms with E-state index in [2.05, 4.69) is 15.4 Å². The predicted octanol–water partition coefficient (Wildman–Crippen LogP) is 3.45. The van der Waals surface area contributed by atoms with Gasteiger partial charge in [-0.1, -0.05) is 43.3 Å². The molecule has 1 atom stereocenters. The fourth-order valence-electron chi connectivity index (χ4n) is 3.47. The number of esters is 1. The summed E-state index contributed by atoms with van der Waals surface area (Å²) in [6.07, 6.45) is 0.165. The molecule has 4 rings (SSSR count). The van der Waals surface area contributed by atoms with Gasteiger partial charge >= 0.3 is 5.97 Å². The van der Waals surface area contributed by atoms with E-state index in [1.165, 1.54) is 18.2 Å². The van der Waals surface area contributed by atoms with E-state index < -0.39 is 34.7 Å². The van der Waals surface area contributed by atoms with E-state index in [0.29, 0.717) is 16.9 Å². The number of fused-ring (bicyclic) bond motifs is 1. The Balaban J connectivity index is 1.36. The third-order valence-electron chi connectivity index (χ3n) is 5.18. The van der Waals surface area contributed by atoms with E-state index in [4.69, 9.17) is 4.74 Å². The van der Waals surface area contributed by atoms with Gasteiger partial charge in [0.15, 0.2) is 6.61 Å². The molecule has 0 saturated heterocycles. The highest BCUT2D eigenvalue weighted by Gasteiger charge is 2.29. The molecule has 0 spiro atoms. The zero-order chi connectivity index (χ0) is 23.4. The lowest BCUT2D eigenvalue weighted by atomic mass is 10.1. The molecule has 1 heterocycles. The van der Waals surface area contributed by atoms with Gasteiger partial charge in [0, 0.05) is 5.69 Å². The number of anilines is 2. The first-order chi connectivity index (χ1) is 15.9. The van der Waals surface area contributed by atoms with Gasteiger partial charge in [0.1, 0.15) is 11.1 Å². The maximum atomic E-state index is 12.5. The molecular formula is C24H23N3O5S. The highest BCUT2D eigenvalue weighted by atomic mass is 32.2. The molecule has 33 heavy (non-hydrogen) atoms. The fourth-order valence-corrected chi connectivity index (χ4v) is 4.77. The Morgan fingerprint density at radius 2 is 1.76 bits per heavy atom. The molecular weight excluding hydrogens is 442 g/mol. The lowest BCUT2D eigenvalue weighted by molar-refractivity contribution is -0.119. The molecule has 170 valence electrons. The minimum Gasteiger partial charge on any atom is -0.452 e. The van der Waals surface area contributed by atoms with Crippen molar-refractivity contribution >= 4 is 33.3 Å². The standard InChI is InChI=1S/C24H23N3O5S/c1-2-16-6-5-7-19(14-16)25-22(28)15-32-24(29)18-12-10-17(11-13-18)23-26-20-8-3-4-9-21(20)33(30,31)27-23/h3-14,23,26-27H,2,15H2,1H3,(H,25,28)/t23-/m1/s1. The van der Waals surface area contributed by atoms with Crippen LogP contribution >= 0.6 is 0 Å². The van der Waals surface area contributed by atoms with E-state index >= 15 is 0 Å². The molecule has 8 nitrogen and oxygen atoms in total. The van der Waals surface area contributed by atoms with E-state index in [9.17, 15) is 18.0 Å². The maximum Gasteiger partial charge on any atom is 0.338 e. The average Bonchev–Trinajstić information content (AvgIpc) is 2.82. The average molecular weight is 466 g/mol. The number of hydrogen-bond acceptors (Lipinski definition) is 6. The fraction of sp³-hybridized carbons (Fsp3) is 0.167. The zero-order valence-corrected chi connectivity index (χ0v) is 18.7. The third-order valence-corrected chi connectivity index (χ3v) is 6.66. The van der Waals surface area contributed by atoms with E-state index in [1.54, 1.807) is 36.4 Å². The van der Waals surface area contributed by atoms with Crippen LogP contribution in [-0.2, 0) is 26.0 Å². The number of benzene rings is 3. The van der Waals surface area contributed by atoms with Gasteiger partial charge < -0.3 is 15.4 Å². The van der Waals surface area contributed by atoms with Gasteiger partial charge in [-0.3, -0.25) is 4.79 Å². The summed E-state index contributed by atoms with van der Waals surface area (Å²) in [5.74, 6) is -1.09. The summed E-state index contributed by atoms with van der Waals surface area (Å²) in [6, 6.07) is 20.4. The summed E-state index contributed by atoms with van der Waals surface area (Å²) in [6.45, 7) is 1.60. The van der Waals surface area contributed by atoms with Crippen LogP contribution in [-0.4, -0.2) is 26.9 Å². The molecule has 0 saturated carbocycles. The highest BCUT2D eigenvalue weighted by Crippen LogP contribution is 2.30. The van der Waals surface area contributed by atoms with Gasteiger partial charge in [-0.2, -0.15) is 4.72 Å². The molecule has 3 aromatic rings. The molecule has 0 aromatic heterocycles. The van der Waals surface area contributed by atoms with Crippen LogP contribution in [0.1, 0.15) is 34.6 Å². The van der Waals surface area contributed by atoms with E-state index in [1.807, 2.05) is 25.1 Å². The predicted molar refractivity (Wildman–Crippen MR) is 124 cm³/mol. The summed E-state index contributed by atoms with van der Waals surface area (Å²) in [5, 5.41) is 5.83. The van der Waals surface area contributed by atoms with Crippen molar-refractivity contribution in [2.24, 2.45) is 0 Å². The Hall–Kier alpha value is -3.69. The molecule has 9 heteroatoms. The van der Waals surface area contributed by atoms with Crippen molar-refractivity contribution in [1.29, 1.82) is 0 Å². The van der Waals surface area contributed by atoms with E-state index in [-0.39, 0.29) is 10.5 Å². The Bertz CT molecular complexity index is 1290. The van der Waals surface area contributed by atoms with Gasteiger partial charge in [0.05, 0.1) is 11.3 Å². The minimum atomic E-state index is -3.66. The molecule has 0 bridgehead atoms. The Morgan fingerprint density at radius 3 is 2.52 bits per heavy atom. The van der Waals surface area contributed by atoms with Gasteiger partial charge in [-0.05, 0) is 53.9 Å². The van der Waals surface area contributed by atoms with Crippen LogP contribution in [0.15, 0.2) is 77.7 Å². The summed E-state index contributed by atoms with van der Waals surface area (Å²) in [7, 11) is -3.66. The van der Waals surface area contributed by atoms with Crippen LogP contribution in [0.4, 0.5) is 11.4 Å². The van der Waals surface area contributed by atoms with Gasteiger partial charge in [-0.15, -0.1) is 0 Å².